The van der Waals surface area contributed by atoms with E-state index in [2.05, 4.69) is 58.6 Å². The Morgan fingerprint density at radius 2 is 1.86 bits per heavy atom. The minimum absolute atomic E-state index is 0.0481. The molecule has 4 heteroatoms. The molecular formula is C17H19BrN2O. The van der Waals surface area contributed by atoms with Crippen LogP contribution in [0.5, 0.6) is 0 Å². The van der Waals surface area contributed by atoms with Gasteiger partial charge in [-0.3, -0.25) is 0 Å². The SMILES string of the molecule is Cc1ccc([C@H](C)NC(=O)Nc2ccccc2Br)c(C)c1. The van der Waals surface area contributed by atoms with Gasteiger partial charge in [-0.15, -0.1) is 0 Å². The molecule has 0 saturated carbocycles. The van der Waals surface area contributed by atoms with Gasteiger partial charge in [0.2, 0.25) is 0 Å². The molecular weight excluding hydrogens is 328 g/mol. The molecule has 0 aliphatic rings. The van der Waals surface area contributed by atoms with Gasteiger partial charge in [0.15, 0.2) is 0 Å². The fourth-order valence-corrected chi connectivity index (χ4v) is 2.69. The molecule has 2 N–H and O–H groups in total. The van der Waals surface area contributed by atoms with Crippen LogP contribution in [0.1, 0.15) is 29.7 Å². The van der Waals surface area contributed by atoms with Crippen molar-refractivity contribution in [3.8, 4) is 0 Å². The number of para-hydroxylation sites is 1. The van der Waals surface area contributed by atoms with Crippen molar-refractivity contribution in [3.63, 3.8) is 0 Å². The number of nitrogens with one attached hydrogen (secondary N) is 2. The third kappa shape index (κ3) is 4.08. The Bertz CT molecular complexity index is 655. The minimum Gasteiger partial charge on any atom is -0.331 e. The molecule has 0 spiro atoms. The van der Waals surface area contributed by atoms with Crippen LogP contribution in [0.2, 0.25) is 0 Å². The lowest BCUT2D eigenvalue weighted by Gasteiger charge is -2.18. The molecule has 2 aromatic rings. The zero-order chi connectivity index (χ0) is 15.4. The maximum atomic E-state index is 12.1. The van der Waals surface area contributed by atoms with E-state index >= 15 is 0 Å². The first kappa shape index (κ1) is 15.6. The molecule has 0 aliphatic heterocycles. The van der Waals surface area contributed by atoms with Crippen molar-refractivity contribution >= 4 is 27.6 Å². The zero-order valence-corrected chi connectivity index (χ0v) is 14.0. The highest BCUT2D eigenvalue weighted by Crippen LogP contribution is 2.22. The summed E-state index contributed by atoms with van der Waals surface area (Å²) in [4.78, 5) is 12.1. The smallest absolute Gasteiger partial charge is 0.319 e. The number of benzene rings is 2. The number of amides is 2. The van der Waals surface area contributed by atoms with Crippen LogP contribution in [0.25, 0.3) is 0 Å². The summed E-state index contributed by atoms with van der Waals surface area (Å²) >= 11 is 3.41. The number of hydrogen-bond donors (Lipinski definition) is 2. The standard InChI is InChI=1S/C17H19BrN2O/c1-11-8-9-14(12(2)10-11)13(3)19-17(21)20-16-7-5-4-6-15(16)18/h4-10,13H,1-3H3,(H2,19,20,21)/t13-/m0/s1. The topological polar surface area (TPSA) is 41.1 Å². The Balaban J connectivity index is 2.04. The van der Waals surface area contributed by atoms with Crippen LogP contribution in [0.4, 0.5) is 10.5 Å². The highest BCUT2D eigenvalue weighted by atomic mass is 79.9. The molecule has 0 saturated heterocycles. The zero-order valence-electron chi connectivity index (χ0n) is 12.4. The summed E-state index contributed by atoms with van der Waals surface area (Å²) in [6, 6.07) is 13.5. The van der Waals surface area contributed by atoms with Gasteiger partial charge in [0.25, 0.3) is 0 Å². The predicted molar refractivity (Wildman–Crippen MR) is 90.6 cm³/mol. The Kier molecular flexibility index (Phi) is 5.02. The van der Waals surface area contributed by atoms with E-state index in [1.54, 1.807) is 0 Å². The van der Waals surface area contributed by atoms with E-state index in [4.69, 9.17) is 0 Å². The number of halogens is 1. The number of carbonyl (C=O) groups excluding carboxylic acids is 1. The van der Waals surface area contributed by atoms with Crippen molar-refractivity contribution in [2.75, 3.05) is 5.32 Å². The Hall–Kier alpha value is -1.81. The van der Waals surface area contributed by atoms with Gasteiger partial charge < -0.3 is 10.6 Å². The van der Waals surface area contributed by atoms with Gasteiger partial charge in [-0.1, -0.05) is 35.9 Å². The van der Waals surface area contributed by atoms with E-state index in [9.17, 15) is 4.79 Å². The number of anilines is 1. The van der Waals surface area contributed by atoms with Crippen LogP contribution < -0.4 is 10.6 Å². The van der Waals surface area contributed by atoms with Crippen LogP contribution in [0, 0.1) is 13.8 Å². The molecule has 2 aromatic carbocycles. The van der Waals surface area contributed by atoms with Gasteiger partial charge in [0, 0.05) is 4.47 Å². The molecule has 0 bridgehead atoms. The average Bonchev–Trinajstić information content (AvgIpc) is 2.41. The normalized spacial score (nSPS) is 11.8. The van der Waals surface area contributed by atoms with E-state index in [0.29, 0.717) is 0 Å². The van der Waals surface area contributed by atoms with Gasteiger partial charge in [0.1, 0.15) is 0 Å². The lowest BCUT2D eigenvalue weighted by Crippen LogP contribution is -2.31. The molecule has 0 aliphatic carbocycles. The first-order valence-electron chi connectivity index (χ1n) is 6.86. The maximum absolute atomic E-state index is 12.1. The van der Waals surface area contributed by atoms with Gasteiger partial charge in [-0.05, 0) is 60.0 Å². The Labute approximate surface area is 133 Å². The van der Waals surface area contributed by atoms with Crippen molar-refractivity contribution in [3.05, 3.63) is 63.6 Å². The summed E-state index contributed by atoms with van der Waals surface area (Å²) in [7, 11) is 0. The summed E-state index contributed by atoms with van der Waals surface area (Å²) < 4.78 is 0.860. The molecule has 110 valence electrons. The molecule has 0 aromatic heterocycles. The van der Waals surface area contributed by atoms with Crippen molar-refractivity contribution in [2.24, 2.45) is 0 Å². The van der Waals surface area contributed by atoms with E-state index < -0.39 is 0 Å². The summed E-state index contributed by atoms with van der Waals surface area (Å²) in [6.07, 6.45) is 0. The van der Waals surface area contributed by atoms with Crippen molar-refractivity contribution in [1.29, 1.82) is 0 Å². The number of carbonyl (C=O) groups is 1. The van der Waals surface area contributed by atoms with Gasteiger partial charge in [0.05, 0.1) is 11.7 Å². The fraction of sp³-hybridized carbons (Fsp3) is 0.235. The average molecular weight is 347 g/mol. The summed E-state index contributed by atoms with van der Waals surface area (Å²) in [5, 5.41) is 5.81. The molecule has 0 fully saturated rings. The first-order chi connectivity index (χ1) is 9.97. The monoisotopic (exact) mass is 346 g/mol. The molecule has 1 atom stereocenters. The molecule has 2 rings (SSSR count). The number of rotatable bonds is 3. The van der Waals surface area contributed by atoms with E-state index in [0.717, 1.165) is 15.7 Å². The highest BCUT2D eigenvalue weighted by Gasteiger charge is 2.12. The number of urea groups is 1. The van der Waals surface area contributed by atoms with E-state index in [1.165, 1.54) is 11.1 Å². The summed E-state index contributed by atoms with van der Waals surface area (Å²) in [5.41, 5.74) is 4.29. The van der Waals surface area contributed by atoms with E-state index in [1.807, 2.05) is 31.2 Å². The lowest BCUT2D eigenvalue weighted by molar-refractivity contribution is 0.249. The van der Waals surface area contributed by atoms with Gasteiger partial charge in [-0.2, -0.15) is 0 Å². The third-order valence-electron chi connectivity index (χ3n) is 3.36. The fourth-order valence-electron chi connectivity index (χ4n) is 2.31. The van der Waals surface area contributed by atoms with Gasteiger partial charge in [-0.25, -0.2) is 4.79 Å². The first-order valence-corrected chi connectivity index (χ1v) is 7.66. The molecule has 0 heterocycles. The molecule has 0 radical (unpaired) electrons. The van der Waals surface area contributed by atoms with Crippen LogP contribution in [-0.4, -0.2) is 6.03 Å². The van der Waals surface area contributed by atoms with Crippen LogP contribution >= 0.6 is 15.9 Å². The molecule has 21 heavy (non-hydrogen) atoms. The summed E-state index contributed by atoms with van der Waals surface area (Å²) in [5.74, 6) is 0. The molecule has 0 unspecified atom stereocenters. The highest BCUT2D eigenvalue weighted by molar-refractivity contribution is 9.10. The minimum atomic E-state index is -0.214. The van der Waals surface area contributed by atoms with Crippen molar-refractivity contribution in [2.45, 2.75) is 26.8 Å². The quantitative estimate of drug-likeness (QED) is 0.811. The number of aryl methyl sites for hydroxylation is 2. The molecule has 2 amide bonds. The van der Waals surface area contributed by atoms with Gasteiger partial charge >= 0.3 is 6.03 Å². The van der Waals surface area contributed by atoms with Crippen molar-refractivity contribution < 1.29 is 4.79 Å². The van der Waals surface area contributed by atoms with Crippen LogP contribution in [-0.2, 0) is 0 Å². The third-order valence-corrected chi connectivity index (χ3v) is 4.05. The number of hydrogen-bond acceptors (Lipinski definition) is 1. The predicted octanol–water partition coefficient (Wildman–Crippen LogP) is 4.95. The Morgan fingerprint density at radius 1 is 1.14 bits per heavy atom. The second kappa shape index (κ2) is 6.76. The Morgan fingerprint density at radius 3 is 2.52 bits per heavy atom. The second-order valence-electron chi connectivity index (χ2n) is 5.16. The largest absolute Gasteiger partial charge is 0.331 e. The maximum Gasteiger partial charge on any atom is 0.319 e. The van der Waals surface area contributed by atoms with Crippen LogP contribution in [0.15, 0.2) is 46.9 Å². The van der Waals surface area contributed by atoms with E-state index in [-0.39, 0.29) is 12.1 Å². The lowest BCUT2D eigenvalue weighted by atomic mass is 10.0. The second-order valence-corrected chi connectivity index (χ2v) is 6.01. The van der Waals surface area contributed by atoms with Crippen molar-refractivity contribution in [1.82, 2.24) is 5.32 Å². The van der Waals surface area contributed by atoms with Crippen LogP contribution in [0.3, 0.4) is 0 Å². The summed E-state index contributed by atoms with van der Waals surface area (Å²) in [6.45, 7) is 6.11. The molecule has 3 nitrogen and oxygen atoms in total.